The Labute approximate surface area is 141 Å². The molecule has 6 nitrogen and oxygen atoms in total. The van der Waals surface area contributed by atoms with Crippen molar-refractivity contribution >= 4 is 27.3 Å². The third kappa shape index (κ3) is 4.63. The van der Waals surface area contributed by atoms with Gasteiger partial charge in [0.25, 0.3) is 10.0 Å². The van der Waals surface area contributed by atoms with E-state index >= 15 is 0 Å². The molecule has 10 heteroatoms. The predicted molar refractivity (Wildman–Crippen MR) is 84.7 cm³/mol. The van der Waals surface area contributed by atoms with Crippen molar-refractivity contribution in [2.24, 2.45) is 0 Å². The van der Waals surface area contributed by atoms with E-state index in [1.807, 2.05) is 0 Å². The normalized spacial score (nSPS) is 11.8. The minimum Gasteiger partial charge on any atom is -0.506 e. The van der Waals surface area contributed by atoms with Gasteiger partial charge >= 0.3 is 6.18 Å². The molecule has 0 saturated heterocycles. The number of phenolic OH excluding ortho intramolecular Hbond substituents is 1. The Morgan fingerprint density at radius 1 is 1.12 bits per heavy atom. The average Bonchev–Trinajstić information content (AvgIpc) is 2.49. The summed E-state index contributed by atoms with van der Waals surface area (Å²) in [6.07, 6.45) is -4.68. The number of carbonyl (C=O) groups is 1. The smallest absolute Gasteiger partial charge is 0.416 e. The molecule has 0 aliphatic carbocycles. The molecule has 2 rings (SSSR count). The molecule has 25 heavy (non-hydrogen) atoms. The van der Waals surface area contributed by atoms with Gasteiger partial charge in [0.1, 0.15) is 5.75 Å². The monoisotopic (exact) mass is 374 g/mol. The van der Waals surface area contributed by atoms with Crippen LogP contribution in [0, 0.1) is 0 Å². The van der Waals surface area contributed by atoms with Gasteiger partial charge in [-0.1, -0.05) is 6.07 Å². The van der Waals surface area contributed by atoms with Gasteiger partial charge in [0.2, 0.25) is 5.91 Å². The van der Waals surface area contributed by atoms with Crippen molar-refractivity contribution in [3.8, 4) is 5.75 Å². The van der Waals surface area contributed by atoms with Crippen molar-refractivity contribution < 1.29 is 31.5 Å². The summed E-state index contributed by atoms with van der Waals surface area (Å²) < 4.78 is 64.8. The van der Waals surface area contributed by atoms with Crippen molar-refractivity contribution in [1.29, 1.82) is 0 Å². The summed E-state index contributed by atoms with van der Waals surface area (Å²) >= 11 is 0. The maximum absolute atomic E-state index is 12.7. The summed E-state index contributed by atoms with van der Waals surface area (Å²) in [6, 6.07) is 6.75. The molecule has 0 bridgehead atoms. The van der Waals surface area contributed by atoms with Crippen LogP contribution < -0.4 is 10.0 Å². The fourth-order valence-corrected chi connectivity index (χ4v) is 3.04. The molecule has 0 heterocycles. The standard InChI is InChI=1S/C15H13F3N2O4S/c1-9(21)19-13-8-11(5-6-14(13)22)20-25(23,24)12-4-2-3-10(7-12)15(16,17)18/h2-8,20,22H,1H3,(H,19,21). The van der Waals surface area contributed by atoms with Gasteiger partial charge in [-0.2, -0.15) is 13.2 Å². The molecular weight excluding hydrogens is 361 g/mol. The number of benzene rings is 2. The first-order chi connectivity index (χ1) is 11.5. The minimum atomic E-state index is -4.68. The van der Waals surface area contributed by atoms with Crippen molar-refractivity contribution in [2.75, 3.05) is 10.0 Å². The van der Waals surface area contributed by atoms with Crippen LogP contribution in [0.15, 0.2) is 47.4 Å². The first-order valence-electron chi connectivity index (χ1n) is 6.80. The Kier molecular flexibility index (Phi) is 4.93. The highest BCUT2D eigenvalue weighted by molar-refractivity contribution is 7.92. The lowest BCUT2D eigenvalue weighted by Gasteiger charge is -2.12. The Morgan fingerprint density at radius 3 is 2.40 bits per heavy atom. The summed E-state index contributed by atoms with van der Waals surface area (Å²) in [5, 5.41) is 11.9. The number of halogens is 3. The molecule has 0 radical (unpaired) electrons. The SMILES string of the molecule is CC(=O)Nc1cc(NS(=O)(=O)c2cccc(C(F)(F)F)c2)ccc1O. The third-order valence-electron chi connectivity index (χ3n) is 3.03. The lowest BCUT2D eigenvalue weighted by atomic mass is 10.2. The van der Waals surface area contributed by atoms with Crippen LogP contribution in [0.25, 0.3) is 0 Å². The Morgan fingerprint density at radius 2 is 1.80 bits per heavy atom. The number of rotatable bonds is 4. The van der Waals surface area contributed by atoms with E-state index in [9.17, 15) is 31.5 Å². The van der Waals surface area contributed by atoms with Gasteiger partial charge in [-0.3, -0.25) is 9.52 Å². The van der Waals surface area contributed by atoms with E-state index in [-0.39, 0.29) is 17.1 Å². The third-order valence-corrected chi connectivity index (χ3v) is 4.41. The van der Waals surface area contributed by atoms with Gasteiger partial charge in [-0.05, 0) is 36.4 Å². The number of alkyl halides is 3. The number of hydrogen-bond acceptors (Lipinski definition) is 4. The van der Waals surface area contributed by atoms with E-state index in [1.54, 1.807) is 0 Å². The topological polar surface area (TPSA) is 95.5 Å². The second kappa shape index (κ2) is 6.63. The molecule has 134 valence electrons. The van der Waals surface area contributed by atoms with Crippen LogP contribution in [-0.2, 0) is 21.0 Å². The fraction of sp³-hybridized carbons (Fsp3) is 0.133. The number of amides is 1. The van der Waals surface area contributed by atoms with Gasteiger partial charge in [-0.25, -0.2) is 8.42 Å². The van der Waals surface area contributed by atoms with Crippen molar-refractivity contribution in [3.05, 3.63) is 48.0 Å². The molecule has 0 saturated carbocycles. The highest BCUT2D eigenvalue weighted by Crippen LogP contribution is 2.32. The van der Waals surface area contributed by atoms with E-state index in [2.05, 4.69) is 10.0 Å². The average molecular weight is 374 g/mol. The first-order valence-corrected chi connectivity index (χ1v) is 8.28. The molecule has 0 spiro atoms. The molecule has 0 atom stereocenters. The minimum absolute atomic E-state index is 0.0426. The molecule has 0 aromatic heterocycles. The van der Waals surface area contributed by atoms with Crippen molar-refractivity contribution in [1.82, 2.24) is 0 Å². The van der Waals surface area contributed by atoms with E-state index in [1.165, 1.54) is 13.0 Å². The van der Waals surface area contributed by atoms with Crippen LogP contribution in [0.5, 0.6) is 5.75 Å². The molecule has 0 fully saturated rings. The van der Waals surface area contributed by atoms with Crippen LogP contribution >= 0.6 is 0 Å². The van der Waals surface area contributed by atoms with Gasteiger partial charge in [-0.15, -0.1) is 0 Å². The molecule has 2 aromatic rings. The van der Waals surface area contributed by atoms with E-state index in [0.717, 1.165) is 30.3 Å². The number of sulfonamides is 1. The summed E-state index contributed by atoms with van der Waals surface area (Å²) in [6.45, 7) is 1.19. The van der Waals surface area contributed by atoms with Gasteiger partial charge in [0, 0.05) is 6.92 Å². The Bertz CT molecular complexity index is 911. The van der Waals surface area contributed by atoms with Crippen LogP contribution in [-0.4, -0.2) is 19.4 Å². The molecule has 0 aliphatic heterocycles. The van der Waals surface area contributed by atoms with Gasteiger partial charge in [0.15, 0.2) is 0 Å². The zero-order valence-corrected chi connectivity index (χ0v) is 13.6. The van der Waals surface area contributed by atoms with E-state index in [0.29, 0.717) is 6.07 Å². The number of hydrogen-bond donors (Lipinski definition) is 3. The number of carbonyl (C=O) groups excluding carboxylic acids is 1. The Hall–Kier alpha value is -2.75. The summed E-state index contributed by atoms with van der Waals surface area (Å²) in [5.41, 5.74) is -1.18. The molecule has 0 unspecified atom stereocenters. The largest absolute Gasteiger partial charge is 0.506 e. The van der Waals surface area contributed by atoms with Crippen LogP contribution in [0.3, 0.4) is 0 Å². The molecule has 2 aromatic carbocycles. The second-order valence-electron chi connectivity index (χ2n) is 5.04. The number of nitrogens with one attached hydrogen (secondary N) is 2. The number of anilines is 2. The van der Waals surface area contributed by atoms with Crippen molar-refractivity contribution in [2.45, 2.75) is 18.0 Å². The highest BCUT2D eigenvalue weighted by atomic mass is 32.2. The van der Waals surface area contributed by atoms with Crippen LogP contribution in [0.4, 0.5) is 24.5 Å². The molecule has 0 aliphatic rings. The maximum Gasteiger partial charge on any atom is 0.416 e. The zero-order chi connectivity index (χ0) is 18.8. The molecule has 3 N–H and O–H groups in total. The van der Waals surface area contributed by atoms with Gasteiger partial charge in [0.05, 0.1) is 21.8 Å². The van der Waals surface area contributed by atoms with Crippen LogP contribution in [0.2, 0.25) is 0 Å². The van der Waals surface area contributed by atoms with Gasteiger partial charge < -0.3 is 10.4 Å². The maximum atomic E-state index is 12.7. The lowest BCUT2D eigenvalue weighted by Crippen LogP contribution is -2.15. The van der Waals surface area contributed by atoms with Crippen LogP contribution in [0.1, 0.15) is 12.5 Å². The highest BCUT2D eigenvalue weighted by Gasteiger charge is 2.31. The lowest BCUT2D eigenvalue weighted by molar-refractivity contribution is -0.137. The molecule has 1 amide bonds. The van der Waals surface area contributed by atoms with Crippen molar-refractivity contribution in [3.63, 3.8) is 0 Å². The summed E-state index contributed by atoms with van der Waals surface area (Å²) in [4.78, 5) is 10.5. The number of aromatic hydroxyl groups is 1. The van der Waals surface area contributed by atoms with E-state index in [4.69, 9.17) is 0 Å². The number of phenols is 1. The quantitative estimate of drug-likeness (QED) is 0.566. The zero-order valence-electron chi connectivity index (χ0n) is 12.8. The summed E-state index contributed by atoms with van der Waals surface area (Å²) in [7, 11) is -4.30. The Balaban J connectivity index is 2.35. The molecular formula is C15H13F3N2O4S. The second-order valence-corrected chi connectivity index (χ2v) is 6.73. The first kappa shape index (κ1) is 18.6. The summed E-state index contributed by atoms with van der Waals surface area (Å²) in [5.74, 6) is -0.787. The fourth-order valence-electron chi connectivity index (χ4n) is 1.94. The predicted octanol–water partition coefficient (Wildman–Crippen LogP) is 3.17. The van der Waals surface area contributed by atoms with E-state index < -0.39 is 32.6 Å².